The number of carbonyl (C=O) groups is 2. The maximum absolute atomic E-state index is 12.7. The van der Waals surface area contributed by atoms with Gasteiger partial charge in [-0.1, -0.05) is 18.5 Å². The Morgan fingerprint density at radius 2 is 1.92 bits per heavy atom. The van der Waals surface area contributed by atoms with Crippen molar-refractivity contribution in [2.45, 2.75) is 13.8 Å². The number of carboxylic acid groups (broad SMARTS) is 1. The second-order valence-corrected chi connectivity index (χ2v) is 6.60. The molecule has 1 aromatic carbocycles. The van der Waals surface area contributed by atoms with Gasteiger partial charge in [-0.05, 0) is 37.1 Å². The predicted molar refractivity (Wildman–Crippen MR) is 89.5 cm³/mol. The molecule has 1 saturated heterocycles. The second-order valence-electron chi connectivity index (χ2n) is 6.16. The smallest absolute Gasteiger partial charge is 0.308 e. The highest BCUT2D eigenvalue weighted by molar-refractivity contribution is 6.30. The van der Waals surface area contributed by atoms with Gasteiger partial charge in [0.05, 0.1) is 29.1 Å². The first-order valence-corrected chi connectivity index (χ1v) is 8.09. The number of likely N-dealkylation sites (tertiary alicyclic amines) is 1. The minimum atomic E-state index is -0.855. The minimum Gasteiger partial charge on any atom is -0.481 e. The average molecular weight is 348 g/mol. The molecule has 2 heterocycles. The highest BCUT2D eigenvalue weighted by Crippen LogP contribution is 2.26. The van der Waals surface area contributed by atoms with E-state index in [0.29, 0.717) is 22.8 Å². The lowest BCUT2D eigenvalue weighted by Gasteiger charge is -2.15. The fourth-order valence-corrected chi connectivity index (χ4v) is 3.21. The monoisotopic (exact) mass is 347 g/mol. The van der Waals surface area contributed by atoms with Gasteiger partial charge in [-0.2, -0.15) is 5.10 Å². The topological polar surface area (TPSA) is 75.4 Å². The number of amides is 1. The molecule has 6 nitrogen and oxygen atoms in total. The molecule has 0 bridgehead atoms. The summed E-state index contributed by atoms with van der Waals surface area (Å²) in [5, 5.41) is 14.1. The summed E-state index contributed by atoms with van der Waals surface area (Å²) in [6.45, 7) is 4.36. The van der Waals surface area contributed by atoms with E-state index >= 15 is 0 Å². The Balaban J connectivity index is 1.85. The van der Waals surface area contributed by atoms with Crippen molar-refractivity contribution in [2.75, 3.05) is 13.1 Å². The van der Waals surface area contributed by atoms with Crippen molar-refractivity contribution in [1.29, 1.82) is 0 Å². The Labute approximate surface area is 144 Å². The highest BCUT2D eigenvalue weighted by atomic mass is 35.5. The summed E-state index contributed by atoms with van der Waals surface area (Å²) in [6.07, 6.45) is 1.53. The summed E-state index contributed by atoms with van der Waals surface area (Å²) >= 11 is 5.90. The van der Waals surface area contributed by atoms with Gasteiger partial charge in [-0.15, -0.1) is 0 Å². The van der Waals surface area contributed by atoms with Gasteiger partial charge in [-0.25, -0.2) is 4.68 Å². The fourth-order valence-electron chi connectivity index (χ4n) is 3.09. The van der Waals surface area contributed by atoms with Crippen molar-refractivity contribution in [3.05, 3.63) is 46.7 Å². The lowest BCUT2D eigenvalue weighted by atomic mass is 9.99. The molecule has 1 aliphatic heterocycles. The number of carboxylic acids is 1. The fraction of sp³-hybridized carbons (Fsp3) is 0.353. The summed E-state index contributed by atoms with van der Waals surface area (Å²) < 4.78 is 1.68. The molecule has 1 N–H and O–H groups in total. The van der Waals surface area contributed by atoms with E-state index < -0.39 is 11.9 Å². The lowest BCUT2D eigenvalue weighted by molar-refractivity contribution is -0.142. The maximum atomic E-state index is 12.7. The van der Waals surface area contributed by atoms with Gasteiger partial charge in [0.25, 0.3) is 5.91 Å². The standard InChI is InChI=1S/C17H18ClN3O3/c1-10-8-20(9-15(10)17(23)24)16(22)14-7-19-21(11(14)2)13-5-3-12(18)4-6-13/h3-7,10,15H,8-9H2,1-2H3,(H,23,24)/t10-,15-/m1/s1. The van der Waals surface area contributed by atoms with Crippen LogP contribution in [0.4, 0.5) is 0 Å². The Kier molecular flexibility index (Phi) is 4.32. The van der Waals surface area contributed by atoms with Crippen molar-refractivity contribution < 1.29 is 14.7 Å². The van der Waals surface area contributed by atoms with Crippen LogP contribution in [0.5, 0.6) is 0 Å². The van der Waals surface area contributed by atoms with E-state index in [2.05, 4.69) is 5.10 Å². The van der Waals surface area contributed by atoms with Crippen LogP contribution in [0.3, 0.4) is 0 Å². The van der Waals surface area contributed by atoms with Crippen LogP contribution in [0.2, 0.25) is 5.02 Å². The van der Waals surface area contributed by atoms with Crippen LogP contribution in [0.1, 0.15) is 23.0 Å². The van der Waals surface area contributed by atoms with E-state index in [-0.39, 0.29) is 18.4 Å². The van der Waals surface area contributed by atoms with E-state index in [4.69, 9.17) is 11.6 Å². The van der Waals surface area contributed by atoms with Crippen LogP contribution in [0, 0.1) is 18.8 Å². The SMILES string of the molecule is Cc1c(C(=O)N2C[C@@H](C)[C@H](C(=O)O)C2)cnn1-c1ccc(Cl)cc1. The number of nitrogens with zero attached hydrogens (tertiary/aromatic N) is 3. The third kappa shape index (κ3) is 2.89. The predicted octanol–water partition coefficient (Wildman–Crippen LogP) is 2.63. The first-order valence-electron chi connectivity index (χ1n) is 7.71. The average Bonchev–Trinajstić information content (AvgIpc) is 3.11. The molecular weight excluding hydrogens is 330 g/mol. The molecule has 0 unspecified atom stereocenters. The molecule has 1 aromatic heterocycles. The molecule has 0 spiro atoms. The summed E-state index contributed by atoms with van der Waals surface area (Å²) in [7, 11) is 0. The Bertz CT molecular complexity index is 785. The number of aromatic nitrogens is 2. The van der Waals surface area contributed by atoms with Crippen molar-refractivity contribution >= 4 is 23.5 Å². The van der Waals surface area contributed by atoms with Gasteiger partial charge in [-0.3, -0.25) is 9.59 Å². The molecule has 1 aliphatic rings. The van der Waals surface area contributed by atoms with Crippen LogP contribution in [-0.2, 0) is 4.79 Å². The summed E-state index contributed by atoms with van der Waals surface area (Å²) in [6, 6.07) is 7.18. The molecule has 1 fully saturated rings. The largest absolute Gasteiger partial charge is 0.481 e. The molecule has 24 heavy (non-hydrogen) atoms. The van der Waals surface area contributed by atoms with Gasteiger partial charge in [0, 0.05) is 18.1 Å². The van der Waals surface area contributed by atoms with Gasteiger partial charge in [0.1, 0.15) is 0 Å². The van der Waals surface area contributed by atoms with Crippen molar-refractivity contribution in [3.8, 4) is 5.69 Å². The Morgan fingerprint density at radius 1 is 1.25 bits per heavy atom. The first kappa shape index (κ1) is 16.5. The number of carbonyl (C=O) groups excluding carboxylic acids is 1. The minimum absolute atomic E-state index is 0.0573. The Hall–Kier alpha value is -2.34. The molecule has 2 aromatic rings. The summed E-state index contributed by atoms with van der Waals surface area (Å²) in [4.78, 5) is 25.6. The van der Waals surface area contributed by atoms with Crippen LogP contribution in [0.25, 0.3) is 5.69 Å². The molecule has 0 radical (unpaired) electrons. The number of benzene rings is 1. The van der Waals surface area contributed by atoms with Crippen LogP contribution in [0.15, 0.2) is 30.5 Å². The molecule has 3 rings (SSSR count). The van der Waals surface area contributed by atoms with Gasteiger partial charge >= 0.3 is 5.97 Å². The van der Waals surface area contributed by atoms with E-state index in [0.717, 1.165) is 5.69 Å². The van der Waals surface area contributed by atoms with Gasteiger partial charge < -0.3 is 10.0 Å². The normalized spacial score (nSPS) is 20.4. The van der Waals surface area contributed by atoms with Crippen LogP contribution >= 0.6 is 11.6 Å². The molecular formula is C17H18ClN3O3. The van der Waals surface area contributed by atoms with Gasteiger partial charge in [0.2, 0.25) is 0 Å². The number of halogens is 1. The molecule has 0 saturated carbocycles. The van der Waals surface area contributed by atoms with E-state index in [1.165, 1.54) is 6.20 Å². The Morgan fingerprint density at radius 3 is 2.50 bits per heavy atom. The zero-order valence-corrected chi connectivity index (χ0v) is 14.2. The van der Waals surface area contributed by atoms with Crippen LogP contribution < -0.4 is 0 Å². The first-order chi connectivity index (χ1) is 11.4. The number of hydrogen-bond acceptors (Lipinski definition) is 3. The van der Waals surface area contributed by atoms with E-state index in [9.17, 15) is 14.7 Å². The molecule has 7 heteroatoms. The molecule has 0 aliphatic carbocycles. The zero-order valence-electron chi connectivity index (χ0n) is 13.4. The molecule has 2 atom stereocenters. The van der Waals surface area contributed by atoms with E-state index in [1.54, 1.807) is 21.7 Å². The number of aliphatic carboxylic acids is 1. The molecule has 126 valence electrons. The van der Waals surface area contributed by atoms with Gasteiger partial charge in [0.15, 0.2) is 0 Å². The lowest BCUT2D eigenvalue weighted by Crippen LogP contribution is -2.30. The number of hydrogen-bond donors (Lipinski definition) is 1. The molecule has 1 amide bonds. The second kappa shape index (κ2) is 6.28. The zero-order chi connectivity index (χ0) is 17.4. The van der Waals surface area contributed by atoms with Crippen molar-refractivity contribution in [2.24, 2.45) is 11.8 Å². The maximum Gasteiger partial charge on any atom is 0.308 e. The quantitative estimate of drug-likeness (QED) is 0.926. The summed E-state index contributed by atoms with van der Waals surface area (Å²) in [5.74, 6) is -1.60. The number of rotatable bonds is 3. The third-order valence-corrected chi connectivity index (χ3v) is 4.78. The van der Waals surface area contributed by atoms with Crippen molar-refractivity contribution in [3.63, 3.8) is 0 Å². The third-order valence-electron chi connectivity index (χ3n) is 4.53. The van der Waals surface area contributed by atoms with Crippen LogP contribution in [-0.4, -0.2) is 44.8 Å². The van der Waals surface area contributed by atoms with Crippen molar-refractivity contribution in [1.82, 2.24) is 14.7 Å². The highest BCUT2D eigenvalue weighted by Gasteiger charge is 2.37. The summed E-state index contributed by atoms with van der Waals surface area (Å²) in [5.41, 5.74) is 2.02. The van der Waals surface area contributed by atoms with E-state index in [1.807, 2.05) is 26.0 Å².